The third-order valence-corrected chi connectivity index (χ3v) is 4.82. The molecule has 4 rings (SSSR count). The standard InChI is InChI=1S/C19H23N7O2/c1-11(8-17(28)21-6-7-27)26-10-14-18(25-26)13-3-2-12(15-4-5-22-24-15)9-16(13)23-19(14)20/h2-5,9-11,17,21,27-28H,6-8H2,1H3,(H2,20,23)(H,22,24). The predicted molar refractivity (Wildman–Crippen MR) is 107 cm³/mol. The van der Waals surface area contributed by atoms with Gasteiger partial charge in [0.05, 0.1) is 29.2 Å². The number of aliphatic hydroxyl groups excluding tert-OH is 2. The highest BCUT2D eigenvalue weighted by molar-refractivity contribution is 6.08. The molecule has 9 heteroatoms. The molecule has 0 saturated heterocycles. The lowest BCUT2D eigenvalue weighted by Gasteiger charge is -2.17. The Morgan fingerprint density at radius 3 is 2.89 bits per heavy atom. The van der Waals surface area contributed by atoms with Crippen LogP contribution in [0.25, 0.3) is 33.1 Å². The van der Waals surface area contributed by atoms with E-state index in [9.17, 15) is 5.11 Å². The second-order valence-electron chi connectivity index (χ2n) is 6.85. The summed E-state index contributed by atoms with van der Waals surface area (Å²) < 4.78 is 1.80. The number of aromatic amines is 1. The Labute approximate surface area is 161 Å². The molecule has 0 saturated carbocycles. The molecule has 2 atom stereocenters. The van der Waals surface area contributed by atoms with E-state index in [-0.39, 0.29) is 12.6 Å². The van der Waals surface area contributed by atoms with Gasteiger partial charge in [0.2, 0.25) is 0 Å². The Hall–Kier alpha value is -3.01. The highest BCUT2D eigenvalue weighted by Crippen LogP contribution is 2.30. The van der Waals surface area contributed by atoms with Gasteiger partial charge in [0.15, 0.2) is 0 Å². The lowest BCUT2D eigenvalue weighted by Crippen LogP contribution is -2.33. The number of nitrogens with one attached hydrogen (secondary N) is 2. The monoisotopic (exact) mass is 381 g/mol. The molecule has 0 fully saturated rings. The molecule has 0 amide bonds. The van der Waals surface area contributed by atoms with E-state index in [4.69, 9.17) is 15.9 Å². The molecule has 1 aromatic carbocycles. The van der Waals surface area contributed by atoms with E-state index >= 15 is 0 Å². The van der Waals surface area contributed by atoms with Crippen LogP contribution in [0.15, 0.2) is 36.7 Å². The fraction of sp³-hybridized carbons (Fsp3) is 0.316. The van der Waals surface area contributed by atoms with Crippen molar-refractivity contribution < 1.29 is 10.2 Å². The van der Waals surface area contributed by atoms with Crippen LogP contribution < -0.4 is 11.1 Å². The van der Waals surface area contributed by atoms with E-state index < -0.39 is 6.23 Å². The lowest BCUT2D eigenvalue weighted by molar-refractivity contribution is 0.103. The average Bonchev–Trinajstić information content (AvgIpc) is 3.36. The van der Waals surface area contributed by atoms with Crippen LogP contribution in [0.2, 0.25) is 0 Å². The fourth-order valence-electron chi connectivity index (χ4n) is 3.35. The Balaban J connectivity index is 1.70. The van der Waals surface area contributed by atoms with E-state index in [0.717, 1.165) is 33.1 Å². The van der Waals surface area contributed by atoms with Crippen molar-refractivity contribution in [2.45, 2.75) is 25.6 Å². The highest BCUT2D eigenvalue weighted by atomic mass is 16.3. The zero-order valence-corrected chi connectivity index (χ0v) is 15.5. The number of aliphatic hydroxyl groups is 2. The maximum Gasteiger partial charge on any atom is 0.135 e. The van der Waals surface area contributed by atoms with E-state index in [0.29, 0.717) is 18.8 Å². The fourth-order valence-corrected chi connectivity index (χ4v) is 3.35. The van der Waals surface area contributed by atoms with Gasteiger partial charge in [0.25, 0.3) is 0 Å². The lowest BCUT2D eigenvalue weighted by atomic mass is 10.1. The normalized spacial score (nSPS) is 14.0. The molecule has 0 aliphatic carbocycles. The van der Waals surface area contributed by atoms with E-state index in [2.05, 4.69) is 20.5 Å². The van der Waals surface area contributed by atoms with E-state index in [1.807, 2.05) is 37.4 Å². The summed E-state index contributed by atoms with van der Waals surface area (Å²) in [5, 5.41) is 35.1. The summed E-state index contributed by atoms with van der Waals surface area (Å²) in [5.74, 6) is 0.418. The second kappa shape index (κ2) is 7.55. The molecule has 4 aromatic rings. The topological polar surface area (TPSA) is 138 Å². The van der Waals surface area contributed by atoms with Crippen LogP contribution in [0.5, 0.6) is 0 Å². The number of fused-ring (bicyclic) bond motifs is 3. The smallest absolute Gasteiger partial charge is 0.135 e. The number of rotatable bonds is 7. The number of nitrogen functional groups attached to an aromatic ring is 1. The van der Waals surface area contributed by atoms with Gasteiger partial charge in [0.1, 0.15) is 17.6 Å². The Morgan fingerprint density at radius 2 is 2.14 bits per heavy atom. The van der Waals surface area contributed by atoms with Crippen molar-refractivity contribution in [3.63, 3.8) is 0 Å². The van der Waals surface area contributed by atoms with Crippen molar-refractivity contribution in [3.8, 4) is 11.3 Å². The molecule has 0 radical (unpaired) electrons. The first kappa shape index (κ1) is 18.4. The maximum absolute atomic E-state index is 10.0. The molecule has 3 heterocycles. The summed E-state index contributed by atoms with van der Waals surface area (Å²) in [6.45, 7) is 2.29. The summed E-state index contributed by atoms with van der Waals surface area (Å²) in [6, 6.07) is 7.78. The van der Waals surface area contributed by atoms with Gasteiger partial charge in [-0.25, -0.2) is 4.98 Å². The molecule has 146 valence electrons. The zero-order valence-electron chi connectivity index (χ0n) is 15.5. The minimum Gasteiger partial charge on any atom is -0.395 e. The van der Waals surface area contributed by atoms with Crippen LogP contribution in [-0.4, -0.2) is 54.6 Å². The number of benzene rings is 1. The van der Waals surface area contributed by atoms with Crippen molar-refractivity contribution in [1.82, 2.24) is 30.3 Å². The summed E-state index contributed by atoms with van der Waals surface area (Å²) in [6.07, 6.45) is 3.29. The summed E-state index contributed by atoms with van der Waals surface area (Å²) in [4.78, 5) is 4.55. The zero-order chi connectivity index (χ0) is 19.7. The van der Waals surface area contributed by atoms with Crippen LogP contribution >= 0.6 is 0 Å². The molecule has 0 aliphatic rings. The van der Waals surface area contributed by atoms with E-state index in [1.54, 1.807) is 10.9 Å². The molecule has 9 nitrogen and oxygen atoms in total. The number of aromatic nitrogens is 5. The van der Waals surface area contributed by atoms with Gasteiger partial charge in [0, 0.05) is 36.3 Å². The number of pyridine rings is 1. The third kappa shape index (κ3) is 3.42. The van der Waals surface area contributed by atoms with Crippen LogP contribution in [-0.2, 0) is 0 Å². The van der Waals surface area contributed by atoms with Gasteiger partial charge in [-0.05, 0) is 25.1 Å². The van der Waals surface area contributed by atoms with Gasteiger partial charge >= 0.3 is 0 Å². The van der Waals surface area contributed by atoms with Gasteiger partial charge in [-0.15, -0.1) is 0 Å². The van der Waals surface area contributed by atoms with Crippen molar-refractivity contribution in [2.75, 3.05) is 18.9 Å². The van der Waals surface area contributed by atoms with Gasteiger partial charge in [-0.3, -0.25) is 15.1 Å². The first-order valence-corrected chi connectivity index (χ1v) is 9.17. The number of nitrogens with zero attached hydrogens (tertiary/aromatic N) is 4. The van der Waals surface area contributed by atoms with E-state index in [1.165, 1.54) is 0 Å². The van der Waals surface area contributed by atoms with Crippen LogP contribution in [0.4, 0.5) is 5.82 Å². The number of nitrogens with two attached hydrogens (primary N) is 1. The SMILES string of the molecule is CC(CC(O)NCCO)n1cc2c(N)nc3cc(-c4ccn[nH]4)ccc3c2n1. The quantitative estimate of drug-likeness (QED) is 0.305. The van der Waals surface area contributed by atoms with Crippen molar-refractivity contribution in [3.05, 3.63) is 36.7 Å². The molecule has 0 bridgehead atoms. The largest absolute Gasteiger partial charge is 0.395 e. The van der Waals surface area contributed by atoms with Gasteiger partial charge in [-0.1, -0.05) is 6.07 Å². The number of hydrogen-bond donors (Lipinski definition) is 5. The maximum atomic E-state index is 10.0. The van der Waals surface area contributed by atoms with Crippen molar-refractivity contribution in [1.29, 1.82) is 0 Å². The minimum atomic E-state index is -0.723. The average molecular weight is 381 g/mol. The highest BCUT2D eigenvalue weighted by Gasteiger charge is 2.16. The molecule has 28 heavy (non-hydrogen) atoms. The Bertz CT molecular complexity index is 1090. The van der Waals surface area contributed by atoms with Crippen molar-refractivity contribution in [2.24, 2.45) is 0 Å². The number of hydrogen-bond acceptors (Lipinski definition) is 7. The van der Waals surface area contributed by atoms with Crippen LogP contribution in [0.3, 0.4) is 0 Å². The molecule has 6 N–H and O–H groups in total. The first-order valence-electron chi connectivity index (χ1n) is 9.17. The molecule has 0 spiro atoms. The first-order chi connectivity index (χ1) is 13.6. The number of anilines is 1. The van der Waals surface area contributed by atoms with Crippen LogP contribution in [0, 0.1) is 0 Å². The summed E-state index contributed by atoms with van der Waals surface area (Å²) in [5.41, 5.74) is 9.62. The molecule has 3 aromatic heterocycles. The van der Waals surface area contributed by atoms with Crippen molar-refractivity contribution >= 4 is 27.6 Å². The predicted octanol–water partition coefficient (Wildman–Crippen LogP) is 1.41. The molecule has 0 aliphatic heterocycles. The second-order valence-corrected chi connectivity index (χ2v) is 6.85. The Kier molecular flexibility index (Phi) is 4.95. The third-order valence-electron chi connectivity index (χ3n) is 4.82. The summed E-state index contributed by atoms with van der Waals surface area (Å²) in [7, 11) is 0. The summed E-state index contributed by atoms with van der Waals surface area (Å²) >= 11 is 0. The van der Waals surface area contributed by atoms with Gasteiger partial charge < -0.3 is 15.9 Å². The van der Waals surface area contributed by atoms with Gasteiger partial charge in [-0.2, -0.15) is 10.2 Å². The number of H-pyrrole nitrogens is 1. The molecular weight excluding hydrogens is 358 g/mol. The molecule has 2 unspecified atom stereocenters. The molecular formula is C19H23N7O2. The van der Waals surface area contributed by atoms with Crippen LogP contribution in [0.1, 0.15) is 19.4 Å². The minimum absolute atomic E-state index is 0.0220. The Morgan fingerprint density at radius 1 is 1.29 bits per heavy atom.